The van der Waals surface area contributed by atoms with E-state index in [1.54, 1.807) is 7.11 Å². The number of nitrogens with zero attached hydrogens (tertiary/aromatic N) is 5. The Hall–Kier alpha value is -2.67. The highest BCUT2D eigenvalue weighted by Crippen LogP contribution is 2.08. The Morgan fingerprint density at radius 1 is 0.621 bits per heavy atom. The van der Waals surface area contributed by atoms with Gasteiger partial charge in [0.25, 0.3) is 0 Å². The zero-order chi connectivity index (χ0) is 20.2. The van der Waals surface area contributed by atoms with E-state index in [0.717, 1.165) is 56.4 Å². The van der Waals surface area contributed by atoms with Crippen molar-refractivity contribution in [1.82, 2.24) is 24.8 Å². The van der Waals surface area contributed by atoms with Gasteiger partial charge in [0, 0.05) is 65.0 Å². The van der Waals surface area contributed by atoms with E-state index in [0.29, 0.717) is 6.61 Å². The molecule has 0 fully saturated rings. The summed E-state index contributed by atoms with van der Waals surface area (Å²) in [6.07, 6.45) is 5.54. The summed E-state index contributed by atoms with van der Waals surface area (Å²) >= 11 is 0. The second-order valence-corrected chi connectivity index (χ2v) is 6.94. The Kier molecular flexibility index (Phi) is 8.72. The van der Waals surface area contributed by atoms with Crippen molar-refractivity contribution in [1.29, 1.82) is 0 Å². The highest BCUT2D eigenvalue weighted by Gasteiger charge is 2.13. The molecule has 0 aromatic carbocycles. The lowest BCUT2D eigenvalue weighted by Gasteiger charge is -2.27. The van der Waals surface area contributed by atoms with Crippen LogP contribution in [0.1, 0.15) is 17.1 Å². The van der Waals surface area contributed by atoms with E-state index in [2.05, 4.69) is 43.0 Å². The van der Waals surface area contributed by atoms with Gasteiger partial charge in [-0.15, -0.1) is 0 Å². The summed E-state index contributed by atoms with van der Waals surface area (Å²) in [5.41, 5.74) is 3.21. The molecule has 0 unspecified atom stereocenters. The summed E-state index contributed by atoms with van der Waals surface area (Å²) in [6, 6.07) is 18.2. The Bertz CT molecular complexity index is 760. The van der Waals surface area contributed by atoms with Gasteiger partial charge in [0.2, 0.25) is 0 Å². The number of rotatable bonds is 12. The molecular weight excluding hydrogens is 362 g/mol. The molecule has 0 aliphatic heterocycles. The second kappa shape index (κ2) is 12.0. The van der Waals surface area contributed by atoms with Crippen LogP contribution in [0.4, 0.5) is 0 Å². The molecule has 3 rings (SSSR count). The Labute approximate surface area is 173 Å². The molecule has 0 aliphatic carbocycles. The number of aromatic nitrogens is 3. The normalized spacial score (nSPS) is 11.3. The number of hydrogen-bond acceptors (Lipinski definition) is 6. The van der Waals surface area contributed by atoms with Gasteiger partial charge in [-0.3, -0.25) is 24.8 Å². The second-order valence-electron chi connectivity index (χ2n) is 6.94. The molecule has 6 heteroatoms. The van der Waals surface area contributed by atoms with Crippen molar-refractivity contribution in [3.8, 4) is 0 Å². The third-order valence-electron chi connectivity index (χ3n) is 4.68. The van der Waals surface area contributed by atoms with Crippen LogP contribution >= 0.6 is 0 Å². The SMILES string of the molecule is COCCN(CCN(Cc1ccccn1)Cc1ccccn1)Cc1ccccn1. The lowest BCUT2D eigenvalue weighted by Crippen LogP contribution is -2.36. The zero-order valence-corrected chi connectivity index (χ0v) is 17.0. The summed E-state index contributed by atoms with van der Waals surface area (Å²) in [5, 5.41) is 0. The fourth-order valence-corrected chi connectivity index (χ4v) is 3.15. The topological polar surface area (TPSA) is 54.4 Å². The van der Waals surface area contributed by atoms with Crippen molar-refractivity contribution in [3.05, 3.63) is 90.3 Å². The molecule has 152 valence electrons. The van der Waals surface area contributed by atoms with Crippen LogP contribution in [0.15, 0.2) is 73.2 Å². The fraction of sp³-hybridized carbons (Fsp3) is 0.348. The maximum atomic E-state index is 5.31. The maximum absolute atomic E-state index is 5.31. The van der Waals surface area contributed by atoms with Crippen LogP contribution in [0.25, 0.3) is 0 Å². The number of pyridine rings is 3. The predicted molar refractivity (Wildman–Crippen MR) is 114 cm³/mol. The molecule has 0 spiro atoms. The van der Waals surface area contributed by atoms with Crippen molar-refractivity contribution in [3.63, 3.8) is 0 Å². The third-order valence-corrected chi connectivity index (χ3v) is 4.68. The Morgan fingerprint density at radius 2 is 1.07 bits per heavy atom. The van der Waals surface area contributed by atoms with Crippen molar-refractivity contribution in [2.45, 2.75) is 19.6 Å². The minimum Gasteiger partial charge on any atom is -0.383 e. The van der Waals surface area contributed by atoms with Gasteiger partial charge >= 0.3 is 0 Å². The fourth-order valence-electron chi connectivity index (χ4n) is 3.15. The molecule has 0 N–H and O–H groups in total. The van der Waals surface area contributed by atoms with Crippen molar-refractivity contribution < 1.29 is 4.74 Å². The molecule has 3 aromatic heterocycles. The van der Waals surface area contributed by atoms with E-state index in [9.17, 15) is 0 Å². The summed E-state index contributed by atoms with van der Waals surface area (Å²) in [6.45, 7) is 5.79. The van der Waals surface area contributed by atoms with Gasteiger partial charge in [-0.25, -0.2) is 0 Å². The first-order valence-electron chi connectivity index (χ1n) is 9.97. The van der Waals surface area contributed by atoms with Crippen LogP contribution in [-0.4, -0.2) is 58.1 Å². The Balaban J connectivity index is 1.65. The summed E-state index contributed by atoms with van der Waals surface area (Å²) in [5.74, 6) is 0. The van der Waals surface area contributed by atoms with Gasteiger partial charge in [0.1, 0.15) is 0 Å². The van der Waals surface area contributed by atoms with E-state index in [4.69, 9.17) is 4.74 Å². The van der Waals surface area contributed by atoms with Crippen LogP contribution in [0.5, 0.6) is 0 Å². The van der Waals surface area contributed by atoms with Crippen molar-refractivity contribution in [2.24, 2.45) is 0 Å². The molecule has 0 aliphatic rings. The lowest BCUT2D eigenvalue weighted by atomic mass is 10.2. The van der Waals surface area contributed by atoms with Gasteiger partial charge in [-0.05, 0) is 36.4 Å². The van der Waals surface area contributed by atoms with Gasteiger partial charge in [-0.2, -0.15) is 0 Å². The molecule has 3 heterocycles. The Morgan fingerprint density at radius 3 is 1.48 bits per heavy atom. The lowest BCUT2D eigenvalue weighted by molar-refractivity contribution is 0.127. The number of hydrogen-bond donors (Lipinski definition) is 0. The highest BCUT2D eigenvalue weighted by molar-refractivity contribution is 5.06. The zero-order valence-electron chi connectivity index (χ0n) is 17.0. The molecule has 3 aromatic rings. The van der Waals surface area contributed by atoms with Gasteiger partial charge in [0.05, 0.1) is 23.7 Å². The molecule has 6 nitrogen and oxygen atoms in total. The number of methoxy groups -OCH3 is 1. The van der Waals surface area contributed by atoms with Gasteiger partial charge in [0.15, 0.2) is 0 Å². The van der Waals surface area contributed by atoms with Crippen molar-refractivity contribution in [2.75, 3.05) is 33.4 Å². The van der Waals surface area contributed by atoms with E-state index in [-0.39, 0.29) is 0 Å². The molecule has 0 amide bonds. The highest BCUT2D eigenvalue weighted by atomic mass is 16.5. The molecule has 0 atom stereocenters. The number of ether oxygens (including phenoxy) is 1. The predicted octanol–water partition coefficient (Wildman–Crippen LogP) is 3.02. The standard InChI is InChI=1S/C23H29N5O/c1-29-17-16-27(18-21-8-2-5-11-24-21)14-15-28(19-22-9-3-6-12-25-22)20-23-10-4-7-13-26-23/h2-13H,14-20H2,1H3. The molecule has 0 saturated carbocycles. The third kappa shape index (κ3) is 7.69. The molecule has 0 radical (unpaired) electrons. The van der Waals surface area contributed by atoms with Crippen molar-refractivity contribution >= 4 is 0 Å². The molecular formula is C23H29N5O. The van der Waals surface area contributed by atoms with Gasteiger partial charge in [-0.1, -0.05) is 18.2 Å². The van der Waals surface area contributed by atoms with E-state index in [1.807, 2.05) is 55.0 Å². The van der Waals surface area contributed by atoms with E-state index in [1.165, 1.54) is 0 Å². The van der Waals surface area contributed by atoms with Crippen LogP contribution in [0.3, 0.4) is 0 Å². The monoisotopic (exact) mass is 391 g/mol. The van der Waals surface area contributed by atoms with E-state index >= 15 is 0 Å². The van der Waals surface area contributed by atoms with Crippen LogP contribution in [0, 0.1) is 0 Å². The first-order valence-corrected chi connectivity index (χ1v) is 9.97. The first kappa shape index (κ1) is 21.0. The summed E-state index contributed by atoms with van der Waals surface area (Å²) in [7, 11) is 1.74. The molecule has 0 bridgehead atoms. The largest absolute Gasteiger partial charge is 0.383 e. The summed E-state index contributed by atoms with van der Waals surface area (Å²) < 4.78 is 5.31. The first-order chi connectivity index (χ1) is 14.3. The van der Waals surface area contributed by atoms with Gasteiger partial charge < -0.3 is 4.74 Å². The minimum absolute atomic E-state index is 0.702. The van der Waals surface area contributed by atoms with Crippen LogP contribution in [0.2, 0.25) is 0 Å². The smallest absolute Gasteiger partial charge is 0.0589 e. The van der Waals surface area contributed by atoms with Crippen LogP contribution in [-0.2, 0) is 24.4 Å². The minimum atomic E-state index is 0.702. The molecule has 0 saturated heterocycles. The quantitative estimate of drug-likeness (QED) is 0.473. The maximum Gasteiger partial charge on any atom is 0.0589 e. The van der Waals surface area contributed by atoms with E-state index < -0.39 is 0 Å². The average molecular weight is 392 g/mol. The average Bonchev–Trinajstić information content (AvgIpc) is 2.77. The van der Waals surface area contributed by atoms with Crippen LogP contribution < -0.4 is 0 Å². The summed E-state index contributed by atoms with van der Waals surface area (Å²) in [4.78, 5) is 18.2. The molecule has 29 heavy (non-hydrogen) atoms.